The summed E-state index contributed by atoms with van der Waals surface area (Å²) < 4.78 is 0. The lowest BCUT2D eigenvalue weighted by molar-refractivity contribution is -0.134. The van der Waals surface area contributed by atoms with Crippen LogP contribution < -0.4 is 11.5 Å². The number of nitrogens with two attached hydrogens (primary N) is 2. The van der Waals surface area contributed by atoms with Crippen LogP contribution in [0.25, 0.3) is 0 Å². The fourth-order valence-electron chi connectivity index (χ4n) is 3.77. The number of piperidine rings is 1. The van der Waals surface area contributed by atoms with Crippen molar-refractivity contribution < 1.29 is 4.79 Å². The number of hydrogen-bond donors (Lipinski definition) is 2. The minimum Gasteiger partial charge on any atom is -0.335 e. The molecule has 0 atom stereocenters. The molecule has 0 bridgehead atoms. The Labute approximate surface area is 180 Å². The second-order valence-corrected chi connectivity index (χ2v) is 7.77. The van der Waals surface area contributed by atoms with Gasteiger partial charge < -0.3 is 21.3 Å². The summed E-state index contributed by atoms with van der Waals surface area (Å²) in [5, 5.41) is 0. The number of carbonyl (C=O) groups excluding carboxylic acids is 1. The molecule has 2 aromatic carbocycles. The number of hydrogen-bond acceptors (Lipinski definition) is 4. The number of amides is 1. The summed E-state index contributed by atoms with van der Waals surface area (Å²) in [6.45, 7) is 3.78. The maximum Gasteiger partial charge on any atom is 0.227 e. The van der Waals surface area contributed by atoms with Gasteiger partial charge in [-0.2, -0.15) is 0 Å². The van der Waals surface area contributed by atoms with Crippen LogP contribution in [-0.4, -0.2) is 41.9 Å². The molecule has 5 nitrogen and oxygen atoms in total. The van der Waals surface area contributed by atoms with Gasteiger partial charge >= 0.3 is 0 Å². The lowest BCUT2D eigenvalue weighted by Crippen LogP contribution is -2.46. The van der Waals surface area contributed by atoms with Gasteiger partial charge in [0.05, 0.1) is 6.42 Å². The first-order valence-corrected chi connectivity index (χ1v) is 10.1. The highest BCUT2D eigenvalue weighted by molar-refractivity contribution is 5.85. The van der Waals surface area contributed by atoms with Crippen LogP contribution in [0.3, 0.4) is 0 Å². The van der Waals surface area contributed by atoms with E-state index in [2.05, 4.69) is 41.1 Å². The van der Waals surface area contributed by atoms with Crippen molar-refractivity contribution in [2.45, 2.75) is 44.9 Å². The van der Waals surface area contributed by atoms with Gasteiger partial charge in [-0.15, -0.1) is 12.4 Å². The summed E-state index contributed by atoms with van der Waals surface area (Å²) in [7, 11) is 2.15. The predicted molar refractivity (Wildman–Crippen MR) is 121 cm³/mol. The molecule has 6 heteroatoms. The van der Waals surface area contributed by atoms with Crippen molar-refractivity contribution in [3.63, 3.8) is 0 Å². The van der Waals surface area contributed by atoms with Crippen LogP contribution in [-0.2, 0) is 30.8 Å². The third kappa shape index (κ3) is 6.54. The van der Waals surface area contributed by atoms with Crippen LogP contribution in [0.15, 0.2) is 48.5 Å². The Balaban J connectivity index is 0.00000300. The molecule has 4 N–H and O–H groups in total. The second kappa shape index (κ2) is 11.3. The predicted octanol–water partition coefficient (Wildman–Crippen LogP) is 2.69. The molecular formula is C23H33ClN4O. The zero-order valence-corrected chi connectivity index (χ0v) is 18.0. The molecule has 1 heterocycles. The Morgan fingerprint density at radius 3 is 1.83 bits per heavy atom. The van der Waals surface area contributed by atoms with E-state index in [1.54, 1.807) is 0 Å². The number of rotatable bonds is 7. The first-order valence-electron chi connectivity index (χ1n) is 10.1. The maximum absolute atomic E-state index is 13.2. The molecule has 1 fully saturated rings. The highest BCUT2D eigenvalue weighted by atomic mass is 35.5. The van der Waals surface area contributed by atoms with Gasteiger partial charge in [0.1, 0.15) is 0 Å². The average Bonchev–Trinajstić information content (AvgIpc) is 2.73. The summed E-state index contributed by atoms with van der Waals surface area (Å²) in [6, 6.07) is 16.6. The molecule has 0 radical (unpaired) electrons. The van der Waals surface area contributed by atoms with E-state index in [9.17, 15) is 4.79 Å². The molecule has 0 aromatic heterocycles. The molecule has 3 rings (SSSR count). The summed E-state index contributed by atoms with van der Waals surface area (Å²) in [4.78, 5) is 17.7. The SMILES string of the molecule is CN1CCC(N(Cc2ccc(CN)cc2)C(=O)Cc2ccc(CN)cc2)CC1.Cl. The van der Waals surface area contributed by atoms with E-state index in [4.69, 9.17) is 11.5 Å². The minimum absolute atomic E-state index is 0. The normalized spacial score (nSPS) is 15.0. The molecule has 0 aliphatic carbocycles. The van der Waals surface area contributed by atoms with Crippen LogP contribution in [0.4, 0.5) is 0 Å². The van der Waals surface area contributed by atoms with Crippen LogP contribution in [0.1, 0.15) is 35.1 Å². The van der Waals surface area contributed by atoms with Gasteiger partial charge in [-0.3, -0.25) is 4.79 Å². The topological polar surface area (TPSA) is 75.6 Å². The van der Waals surface area contributed by atoms with Crippen molar-refractivity contribution >= 4 is 18.3 Å². The first kappa shape index (κ1) is 23.4. The highest BCUT2D eigenvalue weighted by Crippen LogP contribution is 2.20. The van der Waals surface area contributed by atoms with E-state index in [1.807, 2.05) is 24.3 Å². The summed E-state index contributed by atoms with van der Waals surface area (Å²) in [5.41, 5.74) is 15.8. The highest BCUT2D eigenvalue weighted by Gasteiger charge is 2.27. The largest absolute Gasteiger partial charge is 0.335 e. The third-order valence-electron chi connectivity index (χ3n) is 5.67. The van der Waals surface area contributed by atoms with Gasteiger partial charge in [0.15, 0.2) is 0 Å². The third-order valence-corrected chi connectivity index (χ3v) is 5.67. The standard InChI is InChI=1S/C23H32N4O.ClH/c1-26-12-10-22(11-13-26)27(17-21-8-6-20(16-25)7-9-21)23(28)14-18-2-4-19(15-24)5-3-18;/h2-9,22H,10-17,24-25H2,1H3;1H. The molecule has 1 aliphatic rings. The fourth-order valence-corrected chi connectivity index (χ4v) is 3.77. The number of likely N-dealkylation sites (tertiary alicyclic amines) is 1. The Hall–Kier alpha value is -1.92. The summed E-state index contributed by atoms with van der Waals surface area (Å²) >= 11 is 0. The van der Waals surface area contributed by atoms with Gasteiger partial charge in [0.25, 0.3) is 0 Å². The maximum atomic E-state index is 13.2. The lowest BCUT2D eigenvalue weighted by atomic mass is 10.0. The zero-order chi connectivity index (χ0) is 19.9. The average molecular weight is 417 g/mol. The molecule has 29 heavy (non-hydrogen) atoms. The molecule has 1 saturated heterocycles. The van der Waals surface area contributed by atoms with Crippen molar-refractivity contribution in [3.8, 4) is 0 Å². The molecule has 0 unspecified atom stereocenters. The van der Waals surface area contributed by atoms with E-state index in [0.717, 1.165) is 48.2 Å². The lowest BCUT2D eigenvalue weighted by Gasteiger charge is -2.37. The van der Waals surface area contributed by atoms with Crippen molar-refractivity contribution in [1.29, 1.82) is 0 Å². The van der Waals surface area contributed by atoms with Crippen LogP contribution in [0.5, 0.6) is 0 Å². The monoisotopic (exact) mass is 416 g/mol. The van der Waals surface area contributed by atoms with Crippen LogP contribution in [0.2, 0.25) is 0 Å². The second-order valence-electron chi connectivity index (χ2n) is 7.77. The van der Waals surface area contributed by atoms with E-state index in [0.29, 0.717) is 32.1 Å². The van der Waals surface area contributed by atoms with E-state index in [1.165, 1.54) is 0 Å². The molecule has 0 saturated carbocycles. The zero-order valence-electron chi connectivity index (χ0n) is 17.2. The van der Waals surface area contributed by atoms with Gasteiger partial charge in [-0.1, -0.05) is 48.5 Å². The van der Waals surface area contributed by atoms with Crippen molar-refractivity contribution in [1.82, 2.24) is 9.80 Å². The fraction of sp³-hybridized carbons (Fsp3) is 0.435. The smallest absolute Gasteiger partial charge is 0.227 e. The van der Waals surface area contributed by atoms with E-state index < -0.39 is 0 Å². The molecular weight excluding hydrogens is 384 g/mol. The Kier molecular flexibility index (Phi) is 9.11. The molecule has 158 valence electrons. The van der Waals surface area contributed by atoms with Gasteiger partial charge in [-0.05, 0) is 55.2 Å². The van der Waals surface area contributed by atoms with Crippen molar-refractivity contribution in [2.75, 3.05) is 20.1 Å². The van der Waals surface area contributed by atoms with E-state index >= 15 is 0 Å². The van der Waals surface area contributed by atoms with Crippen LogP contribution in [0, 0.1) is 0 Å². The van der Waals surface area contributed by atoms with Gasteiger partial charge in [0.2, 0.25) is 5.91 Å². The summed E-state index contributed by atoms with van der Waals surface area (Å²) in [6.07, 6.45) is 2.47. The molecule has 0 spiro atoms. The number of nitrogens with zero attached hydrogens (tertiary/aromatic N) is 2. The van der Waals surface area contributed by atoms with Gasteiger partial charge in [-0.25, -0.2) is 0 Å². The Morgan fingerprint density at radius 1 is 0.897 bits per heavy atom. The number of benzene rings is 2. The van der Waals surface area contributed by atoms with E-state index in [-0.39, 0.29) is 18.3 Å². The number of halogens is 1. The molecule has 1 amide bonds. The minimum atomic E-state index is 0. The van der Waals surface area contributed by atoms with Crippen LogP contribution >= 0.6 is 12.4 Å². The summed E-state index contributed by atoms with van der Waals surface area (Å²) in [5.74, 6) is 0.193. The van der Waals surface area contributed by atoms with Crippen molar-refractivity contribution in [2.24, 2.45) is 11.5 Å². The Morgan fingerprint density at radius 2 is 1.34 bits per heavy atom. The Bertz CT molecular complexity index is 755. The van der Waals surface area contributed by atoms with Gasteiger partial charge in [0, 0.05) is 25.7 Å². The molecule has 2 aromatic rings. The first-order chi connectivity index (χ1) is 13.6. The molecule has 1 aliphatic heterocycles. The van der Waals surface area contributed by atoms with Crippen molar-refractivity contribution in [3.05, 3.63) is 70.8 Å². The quantitative estimate of drug-likeness (QED) is 0.727. The number of carbonyl (C=O) groups is 1.